The molecule has 1 atom stereocenters. The van der Waals surface area contributed by atoms with Gasteiger partial charge in [0, 0.05) is 32.8 Å². The first-order valence-electron chi connectivity index (χ1n) is 6.11. The van der Waals surface area contributed by atoms with E-state index >= 15 is 0 Å². The summed E-state index contributed by atoms with van der Waals surface area (Å²) < 4.78 is 18.8. The van der Waals surface area contributed by atoms with Crippen molar-refractivity contribution >= 4 is 11.9 Å². The summed E-state index contributed by atoms with van der Waals surface area (Å²) in [6, 6.07) is 0. The van der Waals surface area contributed by atoms with Crippen LogP contribution >= 0.6 is 0 Å². The number of rotatable bonds is 9. The summed E-state index contributed by atoms with van der Waals surface area (Å²) in [5.74, 6) is -0.791. The van der Waals surface area contributed by atoms with Gasteiger partial charge < -0.3 is 18.9 Å². The van der Waals surface area contributed by atoms with Crippen LogP contribution < -0.4 is 0 Å². The fraction of sp³-hybridized carbons (Fsp3) is 0.571. The highest BCUT2D eigenvalue weighted by molar-refractivity contribution is 5.81. The third kappa shape index (κ3) is 16.3. The molecule has 6 nitrogen and oxygen atoms in total. The molecular formula is C14H24O6. The quantitative estimate of drug-likeness (QED) is 0.364. The van der Waals surface area contributed by atoms with Gasteiger partial charge in [0.05, 0.1) is 19.3 Å². The maximum absolute atomic E-state index is 10.5. The molecule has 0 spiro atoms. The predicted octanol–water partition coefficient (Wildman–Crippen LogP) is 1.50. The molecule has 0 aromatic rings. The van der Waals surface area contributed by atoms with Crippen molar-refractivity contribution in [2.45, 2.75) is 19.4 Å². The van der Waals surface area contributed by atoms with E-state index in [0.717, 1.165) is 18.6 Å². The van der Waals surface area contributed by atoms with Crippen LogP contribution in [0.25, 0.3) is 0 Å². The molecule has 0 N–H and O–H groups in total. The van der Waals surface area contributed by atoms with Gasteiger partial charge in [-0.2, -0.15) is 0 Å². The largest absolute Gasteiger partial charge is 0.462 e. The molecule has 0 aromatic heterocycles. The standard InChI is InChI=1S/C8H14O3.C6H10O3/c1-4-8(9)11-6-5-7(2)10-3;1-3-6(7)9-5-4-8-2/h4,7H,1,5-6H2,2-3H3;3H,1,4-5H2,2H3. The lowest BCUT2D eigenvalue weighted by Gasteiger charge is -2.07. The van der Waals surface area contributed by atoms with Crippen molar-refractivity contribution in [3.05, 3.63) is 25.3 Å². The highest BCUT2D eigenvalue weighted by Gasteiger charge is 2.00. The lowest BCUT2D eigenvalue weighted by molar-refractivity contribution is -0.139. The smallest absolute Gasteiger partial charge is 0.330 e. The van der Waals surface area contributed by atoms with Gasteiger partial charge in [-0.15, -0.1) is 0 Å². The normalized spacial score (nSPS) is 10.6. The Bertz CT molecular complexity index is 287. The minimum atomic E-state index is -0.410. The molecule has 1 unspecified atom stereocenters. The van der Waals surface area contributed by atoms with Crippen molar-refractivity contribution in [1.29, 1.82) is 0 Å². The fourth-order valence-electron chi connectivity index (χ4n) is 0.787. The minimum absolute atomic E-state index is 0.132. The first-order chi connectivity index (χ1) is 9.51. The molecule has 0 saturated carbocycles. The van der Waals surface area contributed by atoms with Crippen LogP contribution in [0.1, 0.15) is 13.3 Å². The lowest BCUT2D eigenvalue weighted by Crippen LogP contribution is -2.11. The SMILES string of the molecule is C=CC(=O)OCCC(C)OC.C=CC(=O)OCCOC. The van der Waals surface area contributed by atoms with Gasteiger partial charge in [-0.1, -0.05) is 13.2 Å². The average molecular weight is 288 g/mol. The second kappa shape index (κ2) is 15.4. The zero-order valence-electron chi connectivity index (χ0n) is 12.4. The Morgan fingerprint density at radius 2 is 1.50 bits per heavy atom. The van der Waals surface area contributed by atoms with E-state index in [-0.39, 0.29) is 12.1 Å². The van der Waals surface area contributed by atoms with Crippen LogP contribution in [0, 0.1) is 0 Å². The third-order valence-corrected chi connectivity index (χ3v) is 2.04. The van der Waals surface area contributed by atoms with Crippen LogP contribution in [-0.2, 0) is 28.5 Å². The predicted molar refractivity (Wildman–Crippen MR) is 75.3 cm³/mol. The Balaban J connectivity index is 0. The molecule has 0 amide bonds. The van der Waals surface area contributed by atoms with E-state index in [1.807, 2.05) is 6.92 Å². The number of carbonyl (C=O) groups excluding carboxylic acids is 2. The van der Waals surface area contributed by atoms with Crippen LogP contribution in [0.4, 0.5) is 0 Å². The molecule has 0 bridgehead atoms. The Morgan fingerprint density at radius 3 is 1.90 bits per heavy atom. The zero-order valence-corrected chi connectivity index (χ0v) is 12.4. The Morgan fingerprint density at radius 1 is 1.00 bits per heavy atom. The molecule has 6 heteroatoms. The summed E-state index contributed by atoms with van der Waals surface area (Å²) >= 11 is 0. The Labute approximate surface area is 120 Å². The highest BCUT2D eigenvalue weighted by atomic mass is 16.6. The summed E-state index contributed by atoms with van der Waals surface area (Å²) in [4.78, 5) is 20.8. The van der Waals surface area contributed by atoms with E-state index in [4.69, 9.17) is 9.47 Å². The third-order valence-electron chi connectivity index (χ3n) is 2.04. The molecule has 0 saturated heterocycles. The summed E-state index contributed by atoms with van der Waals surface area (Å²) in [7, 11) is 3.17. The van der Waals surface area contributed by atoms with Crippen molar-refractivity contribution in [3.8, 4) is 0 Å². The molecule has 20 heavy (non-hydrogen) atoms. The second-order valence-corrected chi connectivity index (χ2v) is 3.57. The molecular weight excluding hydrogens is 264 g/mol. The van der Waals surface area contributed by atoms with Crippen molar-refractivity contribution in [3.63, 3.8) is 0 Å². The van der Waals surface area contributed by atoms with Gasteiger partial charge in [-0.3, -0.25) is 0 Å². The molecule has 0 heterocycles. The Kier molecular flexibility index (Phi) is 15.9. The second-order valence-electron chi connectivity index (χ2n) is 3.57. The van der Waals surface area contributed by atoms with Gasteiger partial charge in [0.25, 0.3) is 0 Å². The molecule has 116 valence electrons. The van der Waals surface area contributed by atoms with E-state index in [0.29, 0.717) is 19.8 Å². The molecule has 0 aliphatic heterocycles. The van der Waals surface area contributed by atoms with Crippen molar-refractivity contribution in [2.24, 2.45) is 0 Å². The van der Waals surface area contributed by atoms with E-state index < -0.39 is 5.97 Å². The topological polar surface area (TPSA) is 71.1 Å². The van der Waals surface area contributed by atoms with E-state index in [1.54, 1.807) is 14.2 Å². The summed E-state index contributed by atoms with van der Waals surface area (Å²) in [6.45, 7) is 9.53. The van der Waals surface area contributed by atoms with E-state index in [2.05, 4.69) is 22.6 Å². The highest BCUT2D eigenvalue weighted by Crippen LogP contribution is 1.95. The van der Waals surface area contributed by atoms with Crippen LogP contribution in [0.2, 0.25) is 0 Å². The van der Waals surface area contributed by atoms with Crippen molar-refractivity contribution in [1.82, 2.24) is 0 Å². The zero-order chi connectivity index (χ0) is 15.8. The van der Waals surface area contributed by atoms with E-state index in [1.165, 1.54) is 0 Å². The van der Waals surface area contributed by atoms with Crippen LogP contribution in [0.5, 0.6) is 0 Å². The molecule has 0 fully saturated rings. The van der Waals surface area contributed by atoms with Crippen LogP contribution in [0.3, 0.4) is 0 Å². The fourth-order valence-corrected chi connectivity index (χ4v) is 0.787. The summed E-state index contributed by atoms with van der Waals surface area (Å²) in [5.41, 5.74) is 0. The van der Waals surface area contributed by atoms with Crippen molar-refractivity contribution < 1.29 is 28.5 Å². The van der Waals surface area contributed by atoms with Crippen LogP contribution in [-0.4, -0.2) is 52.1 Å². The summed E-state index contributed by atoms with van der Waals surface area (Å²) in [6.07, 6.45) is 3.12. The van der Waals surface area contributed by atoms with Gasteiger partial charge in [0.1, 0.15) is 6.61 Å². The lowest BCUT2D eigenvalue weighted by atomic mass is 10.3. The Hall–Kier alpha value is -1.66. The van der Waals surface area contributed by atoms with Gasteiger partial charge in [0.15, 0.2) is 0 Å². The maximum Gasteiger partial charge on any atom is 0.330 e. The van der Waals surface area contributed by atoms with Gasteiger partial charge in [0.2, 0.25) is 0 Å². The molecule has 0 aromatic carbocycles. The monoisotopic (exact) mass is 288 g/mol. The maximum atomic E-state index is 10.5. The van der Waals surface area contributed by atoms with Gasteiger partial charge in [-0.25, -0.2) is 9.59 Å². The number of hydrogen-bond acceptors (Lipinski definition) is 6. The summed E-state index contributed by atoms with van der Waals surface area (Å²) in [5, 5.41) is 0. The molecule has 0 rings (SSSR count). The van der Waals surface area contributed by atoms with Gasteiger partial charge >= 0.3 is 11.9 Å². The minimum Gasteiger partial charge on any atom is -0.462 e. The molecule has 0 radical (unpaired) electrons. The number of methoxy groups -OCH3 is 2. The first-order valence-corrected chi connectivity index (χ1v) is 6.11. The number of hydrogen-bond donors (Lipinski definition) is 0. The number of esters is 2. The van der Waals surface area contributed by atoms with Gasteiger partial charge in [-0.05, 0) is 6.92 Å². The first kappa shape index (κ1) is 20.7. The van der Waals surface area contributed by atoms with Crippen molar-refractivity contribution in [2.75, 3.05) is 34.0 Å². The molecule has 0 aliphatic carbocycles. The number of ether oxygens (including phenoxy) is 4. The number of carbonyl (C=O) groups is 2. The van der Waals surface area contributed by atoms with E-state index in [9.17, 15) is 9.59 Å². The molecule has 0 aliphatic rings. The van der Waals surface area contributed by atoms with Crippen LogP contribution in [0.15, 0.2) is 25.3 Å². The average Bonchev–Trinajstić information content (AvgIpc) is 2.47.